The first-order valence-corrected chi connectivity index (χ1v) is 6.42. The minimum atomic E-state index is -0.177. The van der Waals surface area contributed by atoms with Crippen LogP contribution in [0, 0.1) is 0 Å². The number of hydrogen-bond donors (Lipinski definition) is 1. The molecule has 3 nitrogen and oxygen atoms in total. The van der Waals surface area contributed by atoms with Gasteiger partial charge in [0.05, 0.1) is 0 Å². The number of benzene rings is 1. The van der Waals surface area contributed by atoms with Crippen LogP contribution in [-0.2, 0) is 16.0 Å². The summed E-state index contributed by atoms with van der Waals surface area (Å²) < 4.78 is 10.2. The zero-order valence-electron chi connectivity index (χ0n) is 10.0. The number of methoxy groups -OCH3 is 2. The molecule has 1 N–H and O–H groups in total. The molecule has 1 aromatic carbocycles. The van der Waals surface area contributed by atoms with Crippen LogP contribution in [0.4, 0.5) is 0 Å². The quantitative estimate of drug-likeness (QED) is 0.585. The first-order valence-electron chi connectivity index (χ1n) is 5.19. The summed E-state index contributed by atoms with van der Waals surface area (Å²) in [6, 6.07) is 8.49. The number of ether oxygens (including phenoxy) is 2. The van der Waals surface area contributed by atoms with E-state index in [0.717, 1.165) is 6.54 Å². The first-order chi connectivity index (χ1) is 7.80. The van der Waals surface area contributed by atoms with Crippen LogP contribution in [-0.4, -0.2) is 33.3 Å². The fraction of sp³-hybridized carbons (Fsp3) is 0.500. The second-order valence-electron chi connectivity index (χ2n) is 3.38. The maximum absolute atomic E-state index is 5.09. The molecule has 0 unspecified atom stereocenters. The van der Waals surface area contributed by atoms with E-state index in [2.05, 4.69) is 35.8 Å². The molecule has 0 amide bonds. The van der Waals surface area contributed by atoms with Gasteiger partial charge < -0.3 is 14.8 Å². The maximum atomic E-state index is 5.09. The molecule has 16 heavy (non-hydrogen) atoms. The lowest BCUT2D eigenvalue weighted by atomic mass is 10.2. The Morgan fingerprint density at radius 1 is 1.31 bits per heavy atom. The minimum absolute atomic E-state index is 0.177. The molecular formula is C12H19NO2S. The van der Waals surface area contributed by atoms with Crippen LogP contribution in [0.15, 0.2) is 29.2 Å². The lowest BCUT2D eigenvalue weighted by Gasteiger charge is -2.14. The Labute approximate surface area is 102 Å². The largest absolute Gasteiger partial charge is 0.355 e. The zero-order valence-corrected chi connectivity index (χ0v) is 10.8. The van der Waals surface area contributed by atoms with E-state index < -0.39 is 0 Å². The van der Waals surface area contributed by atoms with E-state index in [9.17, 15) is 0 Å². The third-order valence-corrected chi connectivity index (χ3v) is 3.03. The molecule has 0 bridgehead atoms. The fourth-order valence-corrected chi connectivity index (χ4v) is 1.86. The predicted molar refractivity (Wildman–Crippen MR) is 67.7 cm³/mol. The van der Waals surface area contributed by atoms with Gasteiger partial charge in [-0.25, -0.2) is 0 Å². The summed E-state index contributed by atoms with van der Waals surface area (Å²) in [5.74, 6) is 0. The molecule has 0 aromatic heterocycles. The summed E-state index contributed by atoms with van der Waals surface area (Å²) in [7, 11) is 3.29. The van der Waals surface area contributed by atoms with Crippen molar-refractivity contribution in [3.63, 3.8) is 0 Å². The molecule has 0 atom stereocenters. The second-order valence-corrected chi connectivity index (χ2v) is 4.26. The summed E-state index contributed by atoms with van der Waals surface area (Å²) in [6.45, 7) is 1.52. The molecule has 4 heteroatoms. The molecule has 0 spiro atoms. The molecular weight excluding hydrogens is 222 g/mol. The lowest BCUT2D eigenvalue weighted by Crippen LogP contribution is -2.29. The highest BCUT2D eigenvalue weighted by Crippen LogP contribution is 2.15. The third kappa shape index (κ3) is 4.53. The monoisotopic (exact) mass is 241 g/mol. The average molecular weight is 241 g/mol. The van der Waals surface area contributed by atoms with Crippen molar-refractivity contribution in [1.82, 2.24) is 5.32 Å². The molecule has 0 aliphatic rings. The molecule has 1 aromatic rings. The van der Waals surface area contributed by atoms with Gasteiger partial charge in [-0.15, -0.1) is 11.8 Å². The van der Waals surface area contributed by atoms with Crippen molar-refractivity contribution in [2.75, 3.05) is 27.0 Å². The van der Waals surface area contributed by atoms with Gasteiger partial charge in [0.2, 0.25) is 0 Å². The van der Waals surface area contributed by atoms with E-state index in [1.807, 2.05) is 0 Å². The van der Waals surface area contributed by atoms with Crippen molar-refractivity contribution < 1.29 is 9.47 Å². The number of thioether (sulfide) groups is 1. The summed E-state index contributed by atoms with van der Waals surface area (Å²) in [5.41, 5.74) is 1.28. The maximum Gasteiger partial charge on any atom is 0.169 e. The lowest BCUT2D eigenvalue weighted by molar-refractivity contribution is -0.0989. The molecule has 0 aliphatic carbocycles. The highest BCUT2D eigenvalue weighted by atomic mass is 32.2. The molecule has 0 saturated heterocycles. The van der Waals surface area contributed by atoms with Crippen LogP contribution < -0.4 is 5.32 Å². The van der Waals surface area contributed by atoms with Gasteiger partial charge in [-0.3, -0.25) is 0 Å². The van der Waals surface area contributed by atoms with Crippen molar-refractivity contribution in [3.8, 4) is 0 Å². The Bertz CT molecular complexity index is 303. The van der Waals surface area contributed by atoms with Crippen molar-refractivity contribution in [2.45, 2.75) is 17.7 Å². The second kappa shape index (κ2) is 7.68. The van der Waals surface area contributed by atoms with Gasteiger partial charge in [0.1, 0.15) is 0 Å². The van der Waals surface area contributed by atoms with E-state index >= 15 is 0 Å². The molecule has 0 saturated carbocycles. The summed E-state index contributed by atoms with van der Waals surface area (Å²) >= 11 is 1.75. The molecule has 0 fully saturated rings. The number of nitrogens with one attached hydrogen (secondary N) is 1. The Morgan fingerprint density at radius 3 is 2.69 bits per heavy atom. The Balaban J connectivity index is 2.36. The van der Waals surface area contributed by atoms with Crippen LogP contribution in [0.25, 0.3) is 0 Å². The molecule has 1 rings (SSSR count). The van der Waals surface area contributed by atoms with Gasteiger partial charge in [-0.05, 0) is 24.0 Å². The van der Waals surface area contributed by atoms with Gasteiger partial charge >= 0.3 is 0 Å². The normalized spacial score (nSPS) is 11.0. The highest BCUT2D eigenvalue weighted by Gasteiger charge is 2.03. The first kappa shape index (κ1) is 13.5. The summed E-state index contributed by atoms with van der Waals surface area (Å²) in [4.78, 5) is 1.29. The SMILES string of the molecule is COC(CNCc1cccc(SC)c1)OC. The van der Waals surface area contributed by atoms with Gasteiger partial charge in [-0.2, -0.15) is 0 Å². The topological polar surface area (TPSA) is 30.5 Å². The predicted octanol–water partition coefficient (Wildman–Crippen LogP) is 2.12. The van der Waals surface area contributed by atoms with E-state index in [0.29, 0.717) is 6.54 Å². The number of hydrogen-bond acceptors (Lipinski definition) is 4. The smallest absolute Gasteiger partial charge is 0.169 e. The molecule has 90 valence electrons. The van der Waals surface area contributed by atoms with E-state index in [1.54, 1.807) is 26.0 Å². The van der Waals surface area contributed by atoms with Crippen LogP contribution in [0.1, 0.15) is 5.56 Å². The van der Waals surface area contributed by atoms with Crippen LogP contribution >= 0.6 is 11.8 Å². The van der Waals surface area contributed by atoms with Gasteiger partial charge in [-0.1, -0.05) is 12.1 Å². The van der Waals surface area contributed by atoms with Gasteiger partial charge in [0.15, 0.2) is 6.29 Å². The van der Waals surface area contributed by atoms with Crippen molar-refractivity contribution in [1.29, 1.82) is 0 Å². The minimum Gasteiger partial charge on any atom is -0.355 e. The standard InChI is InChI=1S/C12H19NO2S/c1-14-12(15-2)9-13-8-10-5-4-6-11(7-10)16-3/h4-7,12-13H,8-9H2,1-3H3. The summed E-state index contributed by atoms with van der Waals surface area (Å²) in [6.07, 6.45) is 1.90. The number of rotatable bonds is 7. The highest BCUT2D eigenvalue weighted by molar-refractivity contribution is 7.98. The van der Waals surface area contributed by atoms with Crippen LogP contribution in [0.3, 0.4) is 0 Å². The average Bonchev–Trinajstić information content (AvgIpc) is 2.35. The van der Waals surface area contributed by atoms with Crippen LogP contribution in [0.5, 0.6) is 0 Å². The molecule has 0 aliphatic heterocycles. The van der Waals surface area contributed by atoms with E-state index in [4.69, 9.17) is 9.47 Å². The van der Waals surface area contributed by atoms with E-state index in [-0.39, 0.29) is 6.29 Å². The van der Waals surface area contributed by atoms with Crippen LogP contribution in [0.2, 0.25) is 0 Å². The van der Waals surface area contributed by atoms with Crippen molar-refractivity contribution >= 4 is 11.8 Å². The zero-order chi connectivity index (χ0) is 11.8. The van der Waals surface area contributed by atoms with E-state index in [1.165, 1.54) is 10.5 Å². The fourth-order valence-electron chi connectivity index (χ4n) is 1.38. The van der Waals surface area contributed by atoms with Gasteiger partial charge in [0, 0.05) is 32.2 Å². The molecule has 0 radical (unpaired) electrons. The van der Waals surface area contributed by atoms with Gasteiger partial charge in [0.25, 0.3) is 0 Å². The Hall–Kier alpha value is -0.550. The Morgan fingerprint density at radius 2 is 2.06 bits per heavy atom. The Kier molecular flexibility index (Phi) is 6.49. The van der Waals surface area contributed by atoms with Crippen molar-refractivity contribution in [3.05, 3.63) is 29.8 Å². The van der Waals surface area contributed by atoms with Crippen molar-refractivity contribution in [2.24, 2.45) is 0 Å². The summed E-state index contributed by atoms with van der Waals surface area (Å²) in [5, 5.41) is 3.30. The third-order valence-electron chi connectivity index (χ3n) is 2.30. The molecule has 0 heterocycles.